The summed E-state index contributed by atoms with van der Waals surface area (Å²) in [5.74, 6) is 0.183. The molecular weight excluding hydrogens is 318 g/mol. The van der Waals surface area contributed by atoms with Gasteiger partial charge in [0.05, 0.1) is 7.11 Å². The van der Waals surface area contributed by atoms with Crippen LogP contribution >= 0.6 is 0 Å². The van der Waals surface area contributed by atoms with Crippen molar-refractivity contribution in [3.63, 3.8) is 0 Å². The predicted octanol–water partition coefficient (Wildman–Crippen LogP) is 4.33. The molecule has 0 saturated carbocycles. The molecule has 0 heterocycles. The van der Waals surface area contributed by atoms with Gasteiger partial charge in [0.2, 0.25) is 0 Å². The van der Waals surface area contributed by atoms with E-state index in [0.29, 0.717) is 11.6 Å². The predicted molar refractivity (Wildman–Crippen MR) is 97.2 cm³/mol. The molecule has 0 aliphatic rings. The second-order valence-corrected chi connectivity index (χ2v) is 6.21. The molecule has 0 aromatic heterocycles. The first kappa shape index (κ1) is 18.5. The highest BCUT2D eigenvalue weighted by molar-refractivity contribution is 6.37. The third-order valence-corrected chi connectivity index (χ3v) is 3.83. The lowest BCUT2D eigenvalue weighted by Gasteiger charge is -2.15. The van der Waals surface area contributed by atoms with Gasteiger partial charge in [0, 0.05) is 5.69 Å². The van der Waals surface area contributed by atoms with E-state index in [0.717, 1.165) is 22.6 Å². The minimum absolute atomic E-state index is 0.418. The van der Waals surface area contributed by atoms with Crippen LogP contribution in [0.3, 0.4) is 0 Å². The average Bonchev–Trinajstić information content (AvgIpc) is 2.57. The number of benzene rings is 2. The first-order chi connectivity index (χ1) is 11.8. The molecule has 5 heteroatoms. The Bertz CT molecular complexity index is 773. The van der Waals surface area contributed by atoms with Crippen molar-refractivity contribution < 1.29 is 19.1 Å². The third-order valence-electron chi connectivity index (χ3n) is 3.83. The van der Waals surface area contributed by atoms with Gasteiger partial charge in [0.25, 0.3) is 0 Å². The van der Waals surface area contributed by atoms with Crippen molar-refractivity contribution in [2.45, 2.75) is 33.6 Å². The summed E-state index contributed by atoms with van der Waals surface area (Å²) in [5.41, 5.74) is 3.44. The highest BCUT2D eigenvalue weighted by Gasteiger charge is 2.15. The summed E-state index contributed by atoms with van der Waals surface area (Å²) in [4.78, 5) is 22.8. The zero-order valence-electron chi connectivity index (χ0n) is 15.2. The summed E-state index contributed by atoms with van der Waals surface area (Å²) in [6.07, 6.45) is 0. The smallest absolute Gasteiger partial charge is 0.396 e. The average molecular weight is 341 g/mol. The lowest BCUT2D eigenvalue weighted by molar-refractivity contribution is -0.150. The normalized spacial score (nSPS) is 10.5. The molecule has 0 unspecified atom stereocenters. The third kappa shape index (κ3) is 4.59. The quantitative estimate of drug-likeness (QED) is 0.664. The number of rotatable bonds is 4. The van der Waals surface area contributed by atoms with E-state index in [1.807, 2.05) is 32.0 Å². The Morgan fingerprint density at radius 3 is 2.24 bits per heavy atom. The fourth-order valence-electron chi connectivity index (χ4n) is 2.51. The van der Waals surface area contributed by atoms with E-state index < -0.39 is 11.9 Å². The van der Waals surface area contributed by atoms with E-state index in [2.05, 4.69) is 30.0 Å². The lowest BCUT2D eigenvalue weighted by Crippen LogP contribution is -2.23. The van der Waals surface area contributed by atoms with Crippen LogP contribution in [0.15, 0.2) is 36.4 Å². The van der Waals surface area contributed by atoms with Crippen LogP contribution in [0.1, 0.15) is 36.5 Å². The van der Waals surface area contributed by atoms with E-state index in [4.69, 9.17) is 4.74 Å². The molecule has 25 heavy (non-hydrogen) atoms. The molecule has 0 aliphatic heterocycles. The second kappa shape index (κ2) is 7.83. The van der Waals surface area contributed by atoms with Crippen molar-refractivity contribution in [3.8, 4) is 11.5 Å². The topological polar surface area (TPSA) is 64.6 Å². The standard InChI is InChI=1S/C20H23NO4/c1-12(2)15-7-6-8-17(11-15)25-18-13(3)9-16(10-14(18)4)21-19(22)20(23)24-5/h6-12H,1-5H3,(H,21,22). The maximum absolute atomic E-state index is 11.6. The van der Waals surface area contributed by atoms with Gasteiger partial charge >= 0.3 is 11.9 Å². The molecule has 2 rings (SSSR count). The molecule has 0 atom stereocenters. The summed E-state index contributed by atoms with van der Waals surface area (Å²) >= 11 is 0. The number of carbonyl (C=O) groups excluding carboxylic acids is 2. The number of anilines is 1. The van der Waals surface area contributed by atoms with Crippen LogP contribution in [-0.2, 0) is 14.3 Å². The number of nitrogens with one attached hydrogen (secondary N) is 1. The van der Waals surface area contributed by atoms with Gasteiger partial charge in [0.1, 0.15) is 11.5 Å². The summed E-state index contributed by atoms with van der Waals surface area (Å²) < 4.78 is 10.5. The fraction of sp³-hybridized carbons (Fsp3) is 0.300. The molecule has 2 aromatic rings. The van der Waals surface area contributed by atoms with Crippen molar-refractivity contribution in [1.29, 1.82) is 0 Å². The second-order valence-electron chi connectivity index (χ2n) is 6.21. The van der Waals surface area contributed by atoms with Gasteiger partial charge in [-0.15, -0.1) is 0 Å². The van der Waals surface area contributed by atoms with Gasteiger partial charge in [-0.1, -0.05) is 26.0 Å². The molecule has 132 valence electrons. The number of ether oxygens (including phenoxy) is 2. The summed E-state index contributed by atoms with van der Waals surface area (Å²) in [6.45, 7) is 8.05. The van der Waals surface area contributed by atoms with Gasteiger partial charge in [-0.05, 0) is 60.7 Å². The van der Waals surface area contributed by atoms with Crippen LogP contribution < -0.4 is 10.1 Å². The number of esters is 1. The van der Waals surface area contributed by atoms with Crippen molar-refractivity contribution in [2.75, 3.05) is 12.4 Å². The van der Waals surface area contributed by atoms with Crippen molar-refractivity contribution >= 4 is 17.6 Å². The van der Waals surface area contributed by atoms with Crippen LogP contribution in [0.4, 0.5) is 5.69 Å². The highest BCUT2D eigenvalue weighted by Crippen LogP contribution is 2.32. The number of methoxy groups -OCH3 is 1. The van der Waals surface area contributed by atoms with Gasteiger partial charge in [-0.3, -0.25) is 4.79 Å². The maximum atomic E-state index is 11.6. The Morgan fingerprint density at radius 2 is 1.68 bits per heavy atom. The maximum Gasteiger partial charge on any atom is 0.396 e. The number of aryl methyl sites for hydroxylation is 2. The lowest BCUT2D eigenvalue weighted by atomic mass is 10.0. The Labute approximate surface area is 148 Å². The molecular formula is C20H23NO4. The van der Waals surface area contributed by atoms with Gasteiger partial charge in [-0.2, -0.15) is 0 Å². The van der Waals surface area contributed by atoms with E-state index in [1.165, 1.54) is 12.7 Å². The summed E-state index contributed by atoms with van der Waals surface area (Å²) in [6, 6.07) is 11.5. The molecule has 0 bridgehead atoms. The summed E-state index contributed by atoms with van der Waals surface area (Å²) in [7, 11) is 1.17. The molecule has 0 spiro atoms. The van der Waals surface area contributed by atoms with Crippen LogP contribution in [0.5, 0.6) is 11.5 Å². The van der Waals surface area contributed by atoms with E-state index in [1.54, 1.807) is 12.1 Å². The SMILES string of the molecule is COC(=O)C(=O)Nc1cc(C)c(Oc2cccc(C(C)C)c2)c(C)c1. The fourth-order valence-corrected chi connectivity index (χ4v) is 2.51. The minimum Gasteiger partial charge on any atom is -0.462 e. The van der Waals surface area contributed by atoms with E-state index in [9.17, 15) is 9.59 Å². The molecule has 5 nitrogen and oxygen atoms in total. The Morgan fingerprint density at radius 1 is 1.04 bits per heavy atom. The summed E-state index contributed by atoms with van der Waals surface area (Å²) in [5, 5.41) is 2.52. The number of carbonyl (C=O) groups is 2. The number of hydrogen-bond donors (Lipinski definition) is 1. The number of amides is 1. The first-order valence-electron chi connectivity index (χ1n) is 8.10. The number of hydrogen-bond acceptors (Lipinski definition) is 4. The van der Waals surface area contributed by atoms with Crippen molar-refractivity contribution in [2.24, 2.45) is 0 Å². The molecule has 0 saturated heterocycles. The molecule has 0 fully saturated rings. The van der Waals surface area contributed by atoms with Gasteiger partial charge < -0.3 is 14.8 Å². The molecule has 2 aromatic carbocycles. The van der Waals surface area contributed by atoms with Gasteiger partial charge in [-0.25, -0.2) is 4.79 Å². The van der Waals surface area contributed by atoms with E-state index >= 15 is 0 Å². The Balaban J connectivity index is 2.24. The largest absolute Gasteiger partial charge is 0.462 e. The molecule has 0 radical (unpaired) electrons. The molecule has 1 amide bonds. The van der Waals surface area contributed by atoms with Gasteiger partial charge in [0.15, 0.2) is 0 Å². The van der Waals surface area contributed by atoms with Crippen LogP contribution in [0.25, 0.3) is 0 Å². The zero-order chi connectivity index (χ0) is 18.6. The van der Waals surface area contributed by atoms with Crippen molar-refractivity contribution in [1.82, 2.24) is 0 Å². The molecule has 0 aliphatic carbocycles. The monoisotopic (exact) mass is 341 g/mol. The van der Waals surface area contributed by atoms with Crippen LogP contribution in [0.2, 0.25) is 0 Å². The Hall–Kier alpha value is -2.82. The first-order valence-corrected chi connectivity index (χ1v) is 8.10. The minimum atomic E-state index is -0.930. The van der Waals surface area contributed by atoms with Crippen LogP contribution in [0, 0.1) is 13.8 Å². The van der Waals surface area contributed by atoms with Crippen LogP contribution in [-0.4, -0.2) is 19.0 Å². The molecule has 1 N–H and O–H groups in total. The van der Waals surface area contributed by atoms with Crippen molar-refractivity contribution in [3.05, 3.63) is 53.1 Å². The Kier molecular flexibility index (Phi) is 5.80. The zero-order valence-corrected chi connectivity index (χ0v) is 15.2. The van der Waals surface area contributed by atoms with E-state index in [-0.39, 0.29) is 0 Å². The highest BCUT2D eigenvalue weighted by atomic mass is 16.5.